The Morgan fingerprint density at radius 2 is 2.31 bits per heavy atom. The standard InChI is InChI=1S/C12H19N3O/c1-9(14-2)11(16)15-7-3-4-10(15)12(8-13)5-6-12/h9-10,14H,3-7H2,1-2H3/t9-,10?/m1/s1. The first kappa shape index (κ1) is 11.4. The van der Waals surface area contributed by atoms with Crippen LogP contribution in [0, 0.1) is 16.7 Å². The lowest BCUT2D eigenvalue weighted by Crippen LogP contribution is -2.48. The molecule has 1 N–H and O–H groups in total. The maximum Gasteiger partial charge on any atom is 0.239 e. The van der Waals surface area contributed by atoms with Gasteiger partial charge in [-0.1, -0.05) is 0 Å². The zero-order valence-electron chi connectivity index (χ0n) is 9.99. The van der Waals surface area contributed by atoms with Crippen molar-refractivity contribution < 1.29 is 4.79 Å². The Bertz CT molecular complexity index is 330. The van der Waals surface area contributed by atoms with E-state index in [9.17, 15) is 10.1 Å². The van der Waals surface area contributed by atoms with Crippen molar-refractivity contribution in [1.29, 1.82) is 5.26 Å². The Morgan fingerprint density at radius 3 is 2.81 bits per heavy atom. The summed E-state index contributed by atoms with van der Waals surface area (Å²) < 4.78 is 0. The van der Waals surface area contributed by atoms with Crippen molar-refractivity contribution in [2.75, 3.05) is 13.6 Å². The van der Waals surface area contributed by atoms with Crippen LogP contribution in [0.5, 0.6) is 0 Å². The second-order valence-corrected chi connectivity index (χ2v) is 4.97. The molecule has 88 valence electrons. The number of nitrogens with one attached hydrogen (secondary N) is 1. The van der Waals surface area contributed by atoms with Gasteiger partial charge in [0.1, 0.15) is 0 Å². The molecule has 1 unspecified atom stereocenters. The lowest BCUT2D eigenvalue weighted by Gasteiger charge is -2.30. The van der Waals surface area contributed by atoms with E-state index < -0.39 is 0 Å². The number of nitrogens with zero attached hydrogens (tertiary/aromatic N) is 2. The molecule has 0 aromatic carbocycles. The van der Waals surface area contributed by atoms with Crippen LogP contribution in [0.25, 0.3) is 0 Å². The van der Waals surface area contributed by atoms with Crippen LogP contribution in [0.3, 0.4) is 0 Å². The van der Waals surface area contributed by atoms with Crippen LogP contribution in [0.15, 0.2) is 0 Å². The quantitative estimate of drug-likeness (QED) is 0.770. The van der Waals surface area contributed by atoms with E-state index >= 15 is 0 Å². The molecule has 1 aliphatic heterocycles. The highest BCUT2D eigenvalue weighted by Crippen LogP contribution is 2.52. The first-order valence-electron chi connectivity index (χ1n) is 6.03. The summed E-state index contributed by atoms with van der Waals surface area (Å²) in [5.74, 6) is 0.145. The normalized spacial score (nSPS) is 28.6. The third kappa shape index (κ3) is 1.69. The van der Waals surface area contributed by atoms with Gasteiger partial charge in [-0.25, -0.2) is 0 Å². The SMILES string of the molecule is CN[C@H](C)C(=O)N1CCCC1C1(C#N)CC1. The highest BCUT2D eigenvalue weighted by molar-refractivity contribution is 5.82. The van der Waals surface area contributed by atoms with Gasteiger partial charge in [-0.2, -0.15) is 5.26 Å². The zero-order valence-corrected chi connectivity index (χ0v) is 9.99. The van der Waals surface area contributed by atoms with Gasteiger partial charge in [-0.15, -0.1) is 0 Å². The van der Waals surface area contributed by atoms with Gasteiger partial charge in [-0.05, 0) is 39.7 Å². The molecule has 2 rings (SSSR count). The van der Waals surface area contributed by atoms with Gasteiger partial charge < -0.3 is 10.2 Å². The molecule has 0 spiro atoms. The van der Waals surface area contributed by atoms with Crippen molar-refractivity contribution in [2.45, 2.75) is 44.7 Å². The summed E-state index contributed by atoms with van der Waals surface area (Å²) in [5.41, 5.74) is -0.209. The van der Waals surface area contributed by atoms with Crippen LogP contribution in [0.2, 0.25) is 0 Å². The number of carbonyl (C=O) groups excluding carboxylic acids is 1. The van der Waals surface area contributed by atoms with Gasteiger partial charge in [0.25, 0.3) is 0 Å². The molecule has 1 amide bonds. The molecule has 2 atom stereocenters. The molecule has 4 nitrogen and oxygen atoms in total. The lowest BCUT2D eigenvalue weighted by atomic mass is 9.95. The number of likely N-dealkylation sites (tertiary alicyclic amines) is 1. The molecule has 1 aliphatic carbocycles. The van der Waals surface area contributed by atoms with E-state index in [-0.39, 0.29) is 23.4 Å². The molecule has 1 saturated heterocycles. The summed E-state index contributed by atoms with van der Waals surface area (Å²) in [4.78, 5) is 14.1. The minimum Gasteiger partial charge on any atom is -0.337 e. The summed E-state index contributed by atoms with van der Waals surface area (Å²) in [5, 5.41) is 12.2. The van der Waals surface area contributed by atoms with Gasteiger partial charge in [0.05, 0.1) is 23.6 Å². The molecular weight excluding hydrogens is 202 g/mol. The van der Waals surface area contributed by atoms with Crippen LogP contribution in [-0.2, 0) is 4.79 Å². The van der Waals surface area contributed by atoms with Crippen molar-refractivity contribution in [3.8, 4) is 6.07 Å². The summed E-state index contributed by atoms with van der Waals surface area (Å²) >= 11 is 0. The van der Waals surface area contributed by atoms with E-state index in [1.807, 2.05) is 11.8 Å². The topological polar surface area (TPSA) is 56.1 Å². The van der Waals surface area contributed by atoms with E-state index in [0.717, 1.165) is 32.2 Å². The Labute approximate surface area is 96.6 Å². The molecule has 16 heavy (non-hydrogen) atoms. The number of rotatable bonds is 3. The summed E-state index contributed by atoms with van der Waals surface area (Å²) in [6.07, 6.45) is 3.96. The van der Waals surface area contributed by atoms with Gasteiger partial charge in [0, 0.05) is 6.54 Å². The Balaban J connectivity index is 2.10. The second kappa shape index (κ2) is 4.06. The third-order valence-electron chi connectivity index (χ3n) is 3.99. The van der Waals surface area contributed by atoms with Crippen LogP contribution >= 0.6 is 0 Å². The minimum absolute atomic E-state index is 0.143. The highest BCUT2D eigenvalue weighted by Gasteiger charge is 2.54. The molecule has 0 aromatic heterocycles. The predicted octanol–water partition coefficient (Wildman–Crippen LogP) is 0.889. The minimum atomic E-state index is -0.209. The molecule has 0 aromatic rings. The van der Waals surface area contributed by atoms with Crippen molar-refractivity contribution in [3.05, 3.63) is 0 Å². The average molecular weight is 221 g/mol. The number of hydrogen-bond acceptors (Lipinski definition) is 3. The molecule has 2 aliphatic rings. The number of amides is 1. The number of carbonyl (C=O) groups is 1. The van der Waals surface area contributed by atoms with Crippen LogP contribution < -0.4 is 5.32 Å². The van der Waals surface area contributed by atoms with Crippen molar-refractivity contribution in [3.63, 3.8) is 0 Å². The van der Waals surface area contributed by atoms with Gasteiger partial charge in [-0.3, -0.25) is 4.79 Å². The van der Waals surface area contributed by atoms with E-state index in [4.69, 9.17) is 0 Å². The highest BCUT2D eigenvalue weighted by atomic mass is 16.2. The summed E-state index contributed by atoms with van der Waals surface area (Å²) in [6.45, 7) is 2.70. The first-order chi connectivity index (χ1) is 7.64. The Morgan fingerprint density at radius 1 is 1.62 bits per heavy atom. The first-order valence-corrected chi connectivity index (χ1v) is 6.03. The maximum atomic E-state index is 12.1. The third-order valence-corrected chi connectivity index (χ3v) is 3.99. The van der Waals surface area contributed by atoms with E-state index in [0.29, 0.717) is 0 Å². The summed E-state index contributed by atoms with van der Waals surface area (Å²) in [6, 6.07) is 2.45. The maximum absolute atomic E-state index is 12.1. The second-order valence-electron chi connectivity index (χ2n) is 4.97. The smallest absolute Gasteiger partial charge is 0.239 e. The largest absolute Gasteiger partial charge is 0.337 e. The average Bonchev–Trinajstić information content (AvgIpc) is 2.96. The van der Waals surface area contributed by atoms with E-state index in [2.05, 4.69) is 11.4 Å². The number of likely N-dealkylation sites (N-methyl/N-ethyl adjacent to an activating group) is 1. The van der Waals surface area contributed by atoms with Crippen LogP contribution in [0.1, 0.15) is 32.6 Å². The fraction of sp³-hybridized carbons (Fsp3) is 0.833. The van der Waals surface area contributed by atoms with Gasteiger partial charge >= 0.3 is 0 Å². The fourth-order valence-corrected chi connectivity index (χ4v) is 2.63. The molecule has 2 fully saturated rings. The van der Waals surface area contributed by atoms with Gasteiger partial charge in [0.2, 0.25) is 5.91 Å². The van der Waals surface area contributed by atoms with Gasteiger partial charge in [0.15, 0.2) is 0 Å². The number of hydrogen-bond donors (Lipinski definition) is 1. The van der Waals surface area contributed by atoms with Crippen molar-refractivity contribution in [2.24, 2.45) is 5.41 Å². The van der Waals surface area contributed by atoms with Crippen LogP contribution in [0.4, 0.5) is 0 Å². The molecule has 0 bridgehead atoms. The molecular formula is C12H19N3O. The molecule has 4 heteroatoms. The molecule has 1 saturated carbocycles. The van der Waals surface area contributed by atoms with Crippen molar-refractivity contribution >= 4 is 5.91 Å². The van der Waals surface area contributed by atoms with E-state index in [1.165, 1.54) is 0 Å². The lowest BCUT2D eigenvalue weighted by molar-refractivity contribution is -0.134. The van der Waals surface area contributed by atoms with Crippen LogP contribution in [-0.4, -0.2) is 36.5 Å². The van der Waals surface area contributed by atoms with E-state index in [1.54, 1.807) is 7.05 Å². The summed E-state index contributed by atoms with van der Waals surface area (Å²) in [7, 11) is 1.80. The molecule has 1 heterocycles. The zero-order chi connectivity index (χ0) is 11.8. The Hall–Kier alpha value is -1.08. The Kier molecular flexibility index (Phi) is 2.90. The van der Waals surface area contributed by atoms with Crippen molar-refractivity contribution in [1.82, 2.24) is 10.2 Å². The molecule has 0 radical (unpaired) electrons. The number of nitriles is 1. The fourth-order valence-electron chi connectivity index (χ4n) is 2.63. The monoisotopic (exact) mass is 221 g/mol. The predicted molar refractivity (Wildman–Crippen MR) is 60.5 cm³/mol.